The first-order chi connectivity index (χ1) is 11.1. The van der Waals surface area contributed by atoms with Crippen molar-refractivity contribution in [2.24, 2.45) is 0 Å². The summed E-state index contributed by atoms with van der Waals surface area (Å²) in [6.07, 6.45) is 1.42. The molecule has 0 atom stereocenters. The van der Waals surface area contributed by atoms with Crippen molar-refractivity contribution in [3.8, 4) is 17.6 Å². The summed E-state index contributed by atoms with van der Waals surface area (Å²) in [6.45, 7) is 2.13. The Morgan fingerprint density at radius 2 is 2.04 bits per heavy atom. The van der Waals surface area contributed by atoms with Gasteiger partial charge >= 0.3 is 0 Å². The van der Waals surface area contributed by atoms with Crippen LogP contribution in [0.1, 0.15) is 22.8 Å². The number of phenolic OH excluding ortho intramolecular Hbond substituents is 1. The number of hydrogen-bond donors (Lipinski definition) is 1. The molecule has 0 aliphatic heterocycles. The molecule has 0 amide bonds. The molecule has 0 saturated carbocycles. The molecular formula is C18H14ClNO3. The van der Waals surface area contributed by atoms with Crippen LogP contribution < -0.4 is 4.74 Å². The Labute approximate surface area is 139 Å². The lowest BCUT2D eigenvalue weighted by atomic mass is 10.0. The molecule has 0 aliphatic carbocycles. The van der Waals surface area contributed by atoms with Crippen molar-refractivity contribution in [1.82, 2.24) is 0 Å². The highest BCUT2D eigenvalue weighted by Gasteiger charge is 2.14. The van der Waals surface area contributed by atoms with Gasteiger partial charge in [0.05, 0.1) is 11.6 Å². The van der Waals surface area contributed by atoms with Crippen molar-refractivity contribution in [3.05, 3.63) is 64.2 Å². The first-order valence-corrected chi connectivity index (χ1v) is 7.31. The Morgan fingerprint density at radius 1 is 1.35 bits per heavy atom. The van der Waals surface area contributed by atoms with Crippen molar-refractivity contribution in [3.63, 3.8) is 0 Å². The SMILES string of the molecule is CCOc1cc(/C=C(\C#N)C(=O)c2ccccc2)cc(Cl)c1O. The number of nitrogens with zero attached hydrogens (tertiary/aromatic N) is 1. The first-order valence-electron chi connectivity index (χ1n) is 6.93. The molecule has 0 unspecified atom stereocenters. The third-order valence-electron chi connectivity index (χ3n) is 3.06. The number of carbonyl (C=O) groups is 1. The molecule has 0 aromatic heterocycles. The van der Waals surface area contributed by atoms with Gasteiger partial charge in [-0.2, -0.15) is 5.26 Å². The van der Waals surface area contributed by atoms with Crippen LogP contribution in [0, 0.1) is 11.3 Å². The fraction of sp³-hybridized carbons (Fsp3) is 0.111. The first kappa shape index (κ1) is 16.6. The third kappa shape index (κ3) is 3.91. The number of Topliss-reactive ketones (excluding diaryl/α,β-unsaturated/α-hetero) is 1. The normalized spacial score (nSPS) is 10.9. The van der Waals surface area contributed by atoms with Gasteiger partial charge in [-0.25, -0.2) is 0 Å². The minimum atomic E-state index is -0.379. The lowest BCUT2D eigenvalue weighted by Gasteiger charge is -2.08. The van der Waals surface area contributed by atoms with E-state index in [0.717, 1.165) is 0 Å². The Bertz CT molecular complexity index is 792. The molecule has 1 N–H and O–H groups in total. The molecule has 5 heteroatoms. The van der Waals surface area contributed by atoms with Gasteiger partial charge < -0.3 is 9.84 Å². The number of aromatic hydroxyl groups is 1. The molecule has 0 aliphatic rings. The smallest absolute Gasteiger partial charge is 0.203 e. The Morgan fingerprint density at radius 3 is 2.65 bits per heavy atom. The van der Waals surface area contributed by atoms with Crippen LogP contribution in [0.3, 0.4) is 0 Å². The van der Waals surface area contributed by atoms with Crippen LogP contribution in [-0.2, 0) is 0 Å². The Hall–Kier alpha value is -2.77. The molecule has 116 valence electrons. The van der Waals surface area contributed by atoms with Crippen LogP contribution in [0.15, 0.2) is 48.0 Å². The largest absolute Gasteiger partial charge is 0.503 e. The van der Waals surface area contributed by atoms with E-state index in [1.165, 1.54) is 18.2 Å². The molecule has 2 rings (SSSR count). The number of hydrogen-bond acceptors (Lipinski definition) is 4. The summed E-state index contributed by atoms with van der Waals surface area (Å²) in [5.41, 5.74) is 0.896. The lowest BCUT2D eigenvalue weighted by molar-refractivity contribution is 0.104. The second kappa shape index (κ2) is 7.48. The molecule has 0 radical (unpaired) electrons. The summed E-state index contributed by atoms with van der Waals surface area (Å²) in [5, 5.41) is 19.2. The number of phenols is 1. The predicted molar refractivity (Wildman–Crippen MR) is 88.6 cm³/mol. The maximum atomic E-state index is 12.3. The van der Waals surface area contributed by atoms with E-state index in [9.17, 15) is 15.2 Å². The zero-order valence-corrected chi connectivity index (χ0v) is 13.2. The van der Waals surface area contributed by atoms with E-state index in [2.05, 4.69) is 0 Å². The highest BCUT2D eigenvalue weighted by Crippen LogP contribution is 2.35. The summed E-state index contributed by atoms with van der Waals surface area (Å²) in [7, 11) is 0. The van der Waals surface area contributed by atoms with Crippen molar-refractivity contribution < 1.29 is 14.6 Å². The maximum Gasteiger partial charge on any atom is 0.203 e. The number of ether oxygens (including phenoxy) is 1. The average Bonchev–Trinajstić information content (AvgIpc) is 2.57. The van der Waals surface area contributed by atoms with Crippen molar-refractivity contribution in [1.29, 1.82) is 5.26 Å². The Kier molecular flexibility index (Phi) is 5.40. The topological polar surface area (TPSA) is 70.3 Å². The average molecular weight is 328 g/mol. The fourth-order valence-electron chi connectivity index (χ4n) is 2.00. The molecule has 4 nitrogen and oxygen atoms in total. The number of nitriles is 1. The monoisotopic (exact) mass is 327 g/mol. The van der Waals surface area contributed by atoms with Gasteiger partial charge in [-0.1, -0.05) is 41.9 Å². The number of halogens is 1. The van der Waals surface area contributed by atoms with E-state index in [1.807, 2.05) is 6.07 Å². The highest BCUT2D eigenvalue weighted by molar-refractivity contribution is 6.32. The second-order valence-corrected chi connectivity index (χ2v) is 5.05. The molecule has 2 aromatic carbocycles. The molecule has 0 heterocycles. The highest BCUT2D eigenvalue weighted by atomic mass is 35.5. The zero-order chi connectivity index (χ0) is 16.8. The molecular weight excluding hydrogens is 314 g/mol. The third-order valence-corrected chi connectivity index (χ3v) is 3.35. The molecule has 0 saturated heterocycles. The van der Waals surface area contributed by atoms with Crippen LogP contribution >= 0.6 is 11.6 Å². The molecule has 2 aromatic rings. The van der Waals surface area contributed by atoms with Crippen LogP contribution in [0.5, 0.6) is 11.5 Å². The van der Waals surface area contributed by atoms with E-state index in [-0.39, 0.29) is 27.9 Å². The van der Waals surface area contributed by atoms with Gasteiger partial charge in [0.2, 0.25) is 5.78 Å². The predicted octanol–water partition coefficient (Wildman–Crippen LogP) is 4.23. The lowest BCUT2D eigenvalue weighted by Crippen LogP contribution is -2.01. The van der Waals surface area contributed by atoms with Crippen LogP contribution in [-0.4, -0.2) is 17.5 Å². The molecule has 23 heavy (non-hydrogen) atoms. The number of ketones is 1. The maximum absolute atomic E-state index is 12.3. The van der Waals surface area contributed by atoms with Crippen LogP contribution in [0.4, 0.5) is 0 Å². The van der Waals surface area contributed by atoms with Crippen LogP contribution in [0.2, 0.25) is 5.02 Å². The van der Waals surface area contributed by atoms with E-state index in [1.54, 1.807) is 37.3 Å². The van der Waals surface area contributed by atoms with Crippen molar-refractivity contribution in [2.45, 2.75) is 6.92 Å². The van der Waals surface area contributed by atoms with Gasteiger partial charge in [-0.05, 0) is 30.7 Å². The van der Waals surface area contributed by atoms with Crippen LogP contribution in [0.25, 0.3) is 6.08 Å². The van der Waals surface area contributed by atoms with Gasteiger partial charge in [-0.15, -0.1) is 0 Å². The van der Waals surface area contributed by atoms with E-state index >= 15 is 0 Å². The minimum Gasteiger partial charge on any atom is -0.503 e. The van der Waals surface area contributed by atoms with Crippen molar-refractivity contribution >= 4 is 23.5 Å². The van der Waals surface area contributed by atoms with Gasteiger partial charge in [0.1, 0.15) is 11.6 Å². The zero-order valence-electron chi connectivity index (χ0n) is 12.4. The summed E-state index contributed by atoms with van der Waals surface area (Å²) >= 11 is 5.95. The second-order valence-electron chi connectivity index (χ2n) is 4.65. The summed E-state index contributed by atoms with van der Waals surface area (Å²) in [5.74, 6) is -0.343. The number of rotatable bonds is 5. The quantitative estimate of drug-likeness (QED) is 0.506. The fourth-order valence-corrected chi connectivity index (χ4v) is 2.22. The van der Waals surface area contributed by atoms with Crippen molar-refractivity contribution in [2.75, 3.05) is 6.61 Å². The summed E-state index contributed by atoms with van der Waals surface area (Å²) in [6, 6.07) is 13.4. The van der Waals surface area contributed by atoms with E-state index in [0.29, 0.717) is 17.7 Å². The summed E-state index contributed by atoms with van der Waals surface area (Å²) < 4.78 is 5.29. The Balaban J connectivity index is 2.43. The number of carbonyl (C=O) groups excluding carboxylic acids is 1. The van der Waals surface area contributed by atoms with Gasteiger partial charge in [-0.3, -0.25) is 4.79 Å². The summed E-state index contributed by atoms with van der Waals surface area (Å²) in [4.78, 5) is 12.3. The molecule has 0 spiro atoms. The van der Waals surface area contributed by atoms with Gasteiger partial charge in [0.25, 0.3) is 0 Å². The minimum absolute atomic E-state index is 0.0274. The molecule has 0 bridgehead atoms. The molecule has 0 fully saturated rings. The standard InChI is InChI=1S/C18H14ClNO3/c1-2-23-16-10-12(9-15(19)18(16)22)8-14(11-20)17(21)13-6-4-3-5-7-13/h3-10,22H,2H2,1H3/b14-8+. The van der Waals surface area contributed by atoms with Gasteiger partial charge in [0.15, 0.2) is 11.5 Å². The van der Waals surface area contributed by atoms with E-state index in [4.69, 9.17) is 16.3 Å². The van der Waals surface area contributed by atoms with E-state index < -0.39 is 0 Å². The van der Waals surface area contributed by atoms with Gasteiger partial charge in [0, 0.05) is 5.56 Å². The number of allylic oxidation sites excluding steroid dienone is 1. The number of benzene rings is 2.